The molecule has 1 aromatic heterocycles. The highest BCUT2D eigenvalue weighted by Gasteiger charge is 2.22. The van der Waals surface area contributed by atoms with Crippen molar-refractivity contribution in [3.05, 3.63) is 53.1 Å². The van der Waals surface area contributed by atoms with Crippen molar-refractivity contribution < 1.29 is 8.78 Å². The van der Waals surface area contributed by atoms with Gasteiger partial charge in [-0.1, -0.05) is 23.5 Å². The fraction of sp³-hybridized carbons (Fsp3) is 0.316. The molecule has 0 spiro atoms. The van der Waals surface area contributed by atoms with Crippen molar-refractivity contribution in [1.29, 1.82) is 0 Å². The van der Waals surface area contributed by atoms with Crippen molar-refractivity contribution >= 4 is 32.4 Å². The molecule has 2 heterocycles. The van der Waals surface area contributed by atoms with Crippen molar-refractivity contribution in [2.45, 2.75) is 13.8 Å². The number of fused-ring (bicyclic) bond motifs is 1. The first kappa shape index (κ1) is 16.3. The number of aromatic nitrogens is 1. The van der Waals surface area contributed by atoms with Crippen LogP contribution in [0.5, 0.6) is 0 Å². The molecule has 1 fully saturated rings. The summed E-state index contributed by atoms with van der Waals surface area (Å²) in [5.74, 6) is -1.15. The Morgan fingerprint density at radius 3 is 2.44 bits per heavy atom. The van der Waals surface area contributed by atoms with E-state index in [1.54, 1.807) is 0 Å². The Labute approximate surface area is 149 Å². The number of hydrogen-bond acceptors (Lipinski definition) is 4. The lowest BCUT2D eigenvalue weighted by Gasteiger charge is -2.36. The summed E-state index contributed by atoms with van der Waals surface area (Å²) in [5.41, 5.74) is 4.07. The van der Waals surface area contributed by atoms with E-state index in [9.17, 15) is 8.78 Å². The average molecular weight is 359 g/mol. The minimum absolute atomic E-state index is 0.262. The van der Waals surface area contributed by atoms with Gasteiger partial charge in [-0.05, 0) is 37.1 Å². The van der Waals surface area contributed by atoms with Gasteiger partial charge in [0.2, 0.25) is 0 Å². The highest BCUT2D eigenvalue weighted by molar-refractivity contribution is 7.22. The highest BCUT2D eigenvalue weighted by Crippen LogP contribution is 2.32. The molecule has 0 unspecified atom stereocenters. The van der Waals surface area contributed by atoms with Gasteiger partial charge in [-0.25, -0.2) is 13.8 Å². The summed E-state index contributed by atoms with van der Waals surface area (Å²) in [7, 11) is 0. The smallest absolute Gasteiger partial charge is 0.186 e. The first-order valence-corrected chi connectivity index (χ1v) is 9.15. The largest absolute Gasteiger partial charge is 0.368 e. The summed E-state index contributed by atoms with van der Waals surface area (Å²) < 4.78 is 27.8. The Morgan fingerprint density at radius 1 is 0.960 bits per heavy atom. The maximum absolute atomic E-state index is 13.9. The normalized spacial score (nSPS) is 15.2. The van der Waals surface area contributed by atoms with E-state index < -0.39 is 11.6 Å². The van der Waals surface area contributed by atoms with Crippen molar-refractivity contribution in [3.8, 4) is 0 Å². The van der Waals surface area contributed by atoms with Crippen LogP contribution in [0.15, 0.2) is 30.3 Å². The number of nitrogens with zero attached hydrogens (tertiary/aromatic N) is 3. The Bertz CT molecular complexity index is 930. The third-order valence-corrected chi connectivity index (χ3v) is 5.72. The molecule has 0 aliphatic carbocycles. The Balaban J connectivity index is 1.54. The number of hydrogen-bond donors (Lipinski definition) is 0. The van der Waals surface area contributed by atoms with Crippen LogP contribution < -0.4 is 9.80 Å². The SMILES string of the molecule is Cc1ccc(C)c(N2CCN(c3nc4c(F)cc(F)cc4s3)CC2)c1. The molecule has 3 aromatic rings. The number of aryl methyl sites for hydroxylation is 2. The quantitative estimate of drug-likeness (QED) is 0.671. The monoisotopic (exact) mass is 359 g/mol. The van der Waals surface area contributed by atoms with Crippen LogP contribution in [0.25, 0.3) is 10.2 Å². The van der Waals surface area contributed by atoms with E-state index in [4.69, 9.17) is 0 Å². The van der Waals surface area contributed by atoms with E-state index >= 15 is 0 Å². The average Bonchev–Trinajstić information content (AvgIpc) is 3.01. The second-order valence-electron chi connectivity index (χ2n) is 6.49. The first-order valence-electron chi connectivity index (χ1n) is 8.34. The predicted molar refractivity (Wildman–Crippen MR) is 99.9 cm³/mol. The van der Waals surface area contributed by atoms with Gasteiger partial charge >= 0.3 is 0 Å². The number of halogens is 2. The van der Waals surface area contributed by atoms with Gasteiger partial charge in [-0.15, -0.1) is 0 Å². The number of rotatable bonds is 2. The molecule has 0 saturated carbocycles. The Kier molecular flexibility index (Phi) is 4.07. The molecule has 1 aliphatic rings. The standard InChI is InChI=1S/C19H19F2N3S/c1-12-3-4-13(2)16(9-12)23-5-7-24(8-6-23)19-22-18-15(21)10-14(20)11-17(18)25-19/h3-4,9-11H,5-8H2,1-2H3. The summed E-state index contributed by atoms with van der Waals surface area (Å²) in [6.07, 6.45) is 0. The van der Waals surface area contributed by atoms with Crippen molar-refractivity contribution in [2.75, 3.05) is 36.0 Å². The molecule has 25 heavy (non-hydrogen) atoms. The maximum Gasteiger partial charge on any atom is 0.186 e. The van der Waals surface area contributed by atoms with Crippen LogP contribution in [0.1, 0.15) is 11.1 Å². The van der Waals surface area contributed by atoms with Crippen LogP contribution in [0, 0.1) is 25.5 Å². The highest BCUT2D eigenvalue weighted by atomic mass is 32.1. The molecule has 0 radical (unpaired) electrons. The molecule has 2 aromatic carbocycles. The van der Waals surface area contributed by atoms with Crippen LogP contribution in [0.2, 0.25) is 0 Å². The molecule has 1 saturated heterocycles. The van der Waals surface area contributed by atoms with E-state index in [0.717, 1.165) is 37.4 Å². The van der Waals surface area contributed by atoms with Crippen molar-refractivity contribution in [3.63, 3.8) is 0 Å². The molecule has 6 heteroatoms. The summed E-state index contributed by atoms with van der Waals surface area (Å²) >= 11 is 1.35. The molecule has 130 valence electrons. The summed E-state index contributed by atoms with van der Waals surface area (Å²) in [6, 6.07) is 8.75. The molecule has 1 aliphatic heterocycles. The summed E-state index contributed by atoms with van der Waals surface area (Å²) in [5, 5.41) is 0.764. The fourth-order valence-electron chi connectivity index (χ4n) is 3.28. The molecule has 4 rings (SSSR count). The van der Waals surface area contributed by atoms with E-state index in [1.807, 2.05) is 0 Å². The van der Waals surface area contributed by atoms with Crippen LogP contribution in [0.3, 0.4) is 0 Å². The molecule has 0 amide bonds. The second-order valence-corrected chi connectivity index (χ2v) is 7.50. The van der Waals surface area contributed by atoms with E-state index in [1.165, 1.54) is 34.2 Å². The number of thiazole rings is 1. The van der Waals surface area contributed by atoms with Gasteiger partial charge in [-0.3, -0.25) is 0 Å². The number of benzene rings is 2. The van der Waals surface area contributed by atoms with E-state index in [-0.39, 0.29) is 5.52 Å². The lowest BCUT2D eigenvalue weighted by Crippen LogP contribution is -2.46. The van der Waals surface area contributed by atoms with Gasteiger partial charge in [0, 0.05) is 37.9 Å². The first-order chi connectivity index (χ1) is 12.0. The van der Waals surface area contributed by atoms with Crippen molar-refractivity contribution in [1.82, 2.24) is 4.98 Å². The molecular weight excluding hydrogens is 340 g/mol. The second kappa shape index (κ2) is 6.26. The molecular formula is C19H19F2N3S. The van der Waals surface area contributed by atoms with Crippen LogP contribution in [-0.4, -0.2) is 31.2 Å². The van der Waals surface area contributed by atoms with E-state index in [2.05, 4.69) is 46.8 Å². The third kappa shape index (κ3) is 3.06. The lowest BCUT2D eigenvalue weighted by atomic mass is 10.1. The summed E-state index contributed by atoms with van der Waals surface area (Å²) in [6.45, 7) is 7.64. The molecule has 3 nitrogen and oxygen atoms in total. The predicted octanol–water partition coefficient (Wildman–Crippen LogP) is 4.52. The zero-order chi connectivity index (χ0) is 17.6. The number of anilines is 2. The molecule has 0 atom stereocenters. The summed E-state index contributed by atoms with van der Waals surface area (Å²) in [4.78, 5) is 8.93. The van der Waals surface area contributed by atoms with Crippen molar-refractivity contribution in [2.24, 2.45) is 0 Å². The third-order valence-electron chi connectivity index (χ3n) is 4.66. The minimum Gasteiger partial charge on any atom is -0.368 e. The zero-order valence-electron chi connectivity index (χ0n) is 14.2. The molecule has 0 N–H and O–H groups in total. The maximum atomic E-state index is 13.9. The van der Waals surface area contributed by atoms with Gasteiger partial charge in [0.1, 0.15) is 11.3 Å². The van der Waals surface area contributed by atoms with Gasteiger partial charge in [0.15, 0.2) is 10.9 Å². The molecule has 0 bridgehead atoms. The van der Waals surface area contributed by atoms with Gasteiger partial charge < -0.3 is 9.80 Å². The van der Waals surface area contributed by atoms with Gasteiger partial charge in [0.25, 0.3) is 0 Å². The van der Waals surface area contributed by atoms with E-state index in [0.29, 0.717) is 4.70 Å². The topological polar surface area (TPSA) is 19.4 Å². The van der Waals surface area contributed by atoms with Gasteiger partial charge in [-0.2, -0.15) is 0 Å². The number of piperazine rings is 1. The zero-order valence-corrected chi connectivity index (χ0v) is 15.0. The van der Waals surface area contributed by atoms with Gasteiger partial charge in [0.05, 0.1) is 4.70 Å². The lowest BCUT2D eigenvalue weighted by molar-refractivity contribution is 0.591. The van der Waals surface area contributed by atoms with Crippen LogP contribution in [-0.2, 0) is 0 Å². The minimum atomic E-state index is -0.591. The Hall–Kier alpha value is -2.21. The fourth-order valence-corrected chi connectivity index (χ4v) is 4.34. The van der Waals surface area contributed by atoms with Crippen LogP contribution in [0.4, 0.5) is 19.6 Å². The van der Waals surface area contributed by atoms with Crippen LogP contribution >= 0.6 is 11.3 Å². The Morgan fingerprint density at radius 2 is 1.68 bits per heavy atom.